The van der Waals surface area contributed by atoms with Crippen molar-refractivity contribution in [2.24, 2.45) is 0 Å². The number of nitrogens with zero attached hydrogens (tertiary/aromatic N) is 3. The molecule has 1 aromatic heterocycles. The largest absolute Gasteiger partial charge is 0.368 e. The molecule has 3 N–H and O–H groups in total. The average Bonchev–Trinajstić information content (AvgIpc) is 2.86. The lowest BCUT2D eigenvalue weighted by Crippen LogP contribution is -2.27. The first kappa shape index (κ1) is 16.4. The molecule has 1 aromatic carbocycles. The first-order valence-electron chi connectivity index (χ1n) is 7.11. The Morgan fingerprint density at radius 1 is 1.41 bits per heavy atom. The summed E-state index contributed by atoms with van der Waals surface area (Å²) in [5.41, 5.74) is 8.90. The van der Waals surface area contributed by atoms with Gasteiger partial charge in [0.2, 0.25) is 11.9 Å². The normalized spacial score (nSPS) is 12.2. The number of benzene rings is 1. The Hall–Kier alpha value is -2.02. The van der Waals surface area contributed by atoms with Crippen LogP contribution in [-0.4, -0.2) is 26.9 Å². The van der Waals surface area contributed by atoms with E-state index in [-0.39, 0.29) is 11.9 Å². The van der Waals surface area contributed by atoms with E-state index in [2.05, 4.69) is 15.5 Å². The second-order valence-electron chi connectivity index (χ2n) is 5.08. The number of anilines is 2. The molecule has 0 bridgehead atoms. The van der Waals surface area contributed by atoms with Crippen molar-refractivity contribution >= 4 is 29.3 Å². The van der Waals surface area contributed by atoms with Gasteiger partial charge in [0.05, 0.1) is 0 Å². The predicted molar refractivity (Wildman–Crippen MR) is 90.1 cm³/mol. The highest BCUT2D eigenvalue weighted by atomic mass is 32.2. The van der Waals surface area contributed by atoms with Gasteiger partial charge in [-0.2, -0.15) is 0 Å². The summed E-state index contributed by atoms with van der Waals surface area (Å²) in [5.74, 6) is 0.144. The Kier molecular flexibility index (Phi) is 5.07. The number of rotatable bonds is 5. The molecule has 1 amide bonds. The molecule has 22 heavy (non-hydrogen) atoms. The van der Waals surface area contributed by atoms with Crippen molar-refractivity contribution in [2.75, 3.05) is 17.3 Å². The van der Waals surface area contributed by atoms with E-state index in [1.807, 2.05) is 45.2 Å². The van der Waals surface area contributed by atoms with Crippen LogP contribution in [0.2, 0.25) is 0 Å². The fourth-order valence-electron chi connectivity index (χ4n) is 2.31. The highest BCUT2D eigenvalue weighted by Gasteiger charge is 2.24. The number of carbonyl (C=O) groups is 1. The zero-order chi connectivity index (χ0) is 16.3. The van der Waals surface area contributed by atoms with Gasteiger partial charge in [-0.15, -0.1) is 10.2 Å². The predicted octanol–water partition coefficient (Wildman–Crippen LogP) is 2.79. The van der Waals surface area contributed by atoms with Crippen LogP contribution in [-0.2, 0) is 4.79 Å². The molecule has 2 rings (SSSR count). The molecule has 6 nitrogen and oxygen atoms in total. The van der Waals surface area contributed by atoms with E-state index >= 15 is 0 Å². The monoisotopic (exact) mass is 319 g/mol. The smallest absolute Gasteiger partial charge is 0.247 e. The second-order valence-corrected chi connectivity index (χ2v) is 5.85. The van der Waals surface area contributed by atoms with Crippen molar-refractivity contribution in [1.29, 1.82) is 0 Å². The first-order valence-corrected chi connectivity index (χ1v) is 8.33. The number of aryl methyl sites for hydroxylation is 1. The number of hydrogen-bond acceptors (Lipinski definition) is 5. The Balaban J connectivity index is 2.30. The minimum absolute atomic E-state index is 0.113. The van der Waals surface area contributed by atoms with Crippen molar-refractivity contribution in [3.05, 3.63) is 29.3 Å². The summed E-state index contributed by atoms with van der Waals surface area (Å²) >= 11 is 1.42. The summed E-state index contributed by atoms with van der Waals surface area (Å²) in [7, 11) is 0. The summed E-state index contributed by atoms with van der Waals surface area (Å²) in [4.78, 5) is 12.7. The maximum absolute atomic E-state index is 12.7. The van der Waals surface area contributed by atoms with Crippen molar-refractivity contribution in [2.45, 2.75) is 38.4 Å². The lowest BCUT2D eigenvalue weighted by molar-refractivity contribution is -0.119. The molecule has 118 valence electrons. The highest BCUT2D eigenvalue weighted by molar-refractivity contribution is 7.98. The molecule has 0 radical (unpaired) electrons. The van der Waals surface area contributed by atoms with E-state index in [1.54, 1.807) is 4.57 Å². The summed E-state index contributed by atoms with van der Waals surface area (Å²) < 4.78 is 1.69. The minimum Gasteiger partial charge on any atom is -0.368 e. The van der Waals surface area contributed by atoms with E-state index < -0.39 is 6.04 Å². The molecule has 0 aliphatic heterocycles. The fraction of sp³-hybridized carbons (Fsp3) is 0.400. The van der Waals surface area contributed by atoms with Crippen molar-refractivity contribution in [3.8, 4) is 0 Å². The molecule has 0 spiro atoms. The molecule has 7 heteroatoms. The summed E-state index contributed by atoms with van der Waals surface area (Å²) in [6, 6.07) is 5.42. The third kappa shape index (κ3) is 3.09. The standard InChI is InChI=1S/C15H21N5OS/c1-5-12(20-14(16)18-19-15(20)22-4)13(21)17-11-8-6-7-9(2)10(11)3/h6-8,12H,5H2,1-4H3,(H2,16,18)(H,17,21). The summed E-state index contributed by atoms with van der Waals surface area (Å²) in [5, 5.41) is 11.5. The number of thioether (sulfide) groups is 1. The maximum Gasteiger partial charge on any atom is 0.247 e. The van der Waals surface area contributed by atoms with Crippen LogP contribution in [0, 0.1) is 13.8 Å². The molecule has 0 aliphatic rings. The topological polar surface area (TPSA) is 85.8 Å². The third-order valence-electron chi connectivity index (χ3n) is 3.74. The zero-order valence-electron chi connectivity index (χ0n) is 13.3. The van der Waals surface area contributed by atoms with Gasteiger partial charge in [0, 0.05) is 5.69 Å². The van der Waals surface area contributed by atoms with Crippen molar-refractivity contribution < 1.29 is 4.79 Å². The van der Waals surface area contributed by atoms with Gasteiger partial charge < -0.3 is 11.1 Å². The van der Waals surface area contributed by atoms with Gasteiger partial charge in [-0.25, -0.2) is 0 Å². The van der Waals surface area contributed by atoms with Crippen molar-refractivity contribution in [1.82, 2.24) is 14.8 Å². The number of carbonyl (C=O) groups excluding carboxylic acids is 1. The molecule has 1 unspecified atom stereocenters. The Morgan fingerprint density at radius 2 is 2.14 bits per heavy atom. The van der Waals surface area contributed by atoms with Gasteiger partial charge in [0.25, 0.3) is 0 Å². The summed E-state index contributed by atoms with van der Waals surface area (Å²) in [6.45, 7) is 5.95. The van der Waals surface area contributed by atoms with Crippen LogP contribution in [0.4, 0.5) is 11.6 Å². The maximum atomic E-state index is 12.7. The van der Waals surface area contributed by atoms with Gasteiger partial charge in [-0.05, 0) is 43.7 Å². The fourth-order valence-corrected chi connectivity index (χ4v) is 2.85. The second kappa shape index (κ2) is 6.83. The Morgan fingerprint density at radius 3 is 2.77 bits per heavy atom. The lowest BCUT2D eigenvalue weighted by Gasteiger charge is -2.19. The number of aromatic nitrogens is 3. The molecular weight excluding hydrogens is 298 g/mol. The van der Waals surface area contributed by atoms with Gasteiger partial charge in [-0.1, -0.05) is 30.8 Å². The molecule has 0 saturated heterocycles. The molecule has 2 aromatic rings. The van der Waals surface area contributed by atoms with E-state index in [0.29, 0.717) is 11.6 Å². The molecule has 0 fully saturated rings. The van der Waals surface area contributed by atoms with Crippen LogP contribution in [0.15, 0.2) is 23.4 Å². The molecule has 0 saturated carbocycles. The number of nitrogens with two attached hydrogens (primary N) is 1. The van der Waals surface area contributed by atoms with Crippen LogP contribution < -0.4 is 11.1 Å². The third-order valence-corrected chi connectivity index (χ3v) is 4.38. The molecule has 0 aliphatic carbocycles. The van der Waals surface area contributed by atoms with Crippen LogP contribution in [0.3, 0.4) is 0 Å². The van der Waals surface area contributed by atoms with Crippen LogP contribution in [0.1, 0.15) is 30.5 Å². The van der Waals surface area contributed by atoms with Gasteiger partial charge in [0.1, 0.15) is 6.04 Å². The number of hydrogen-bond donors (Lipinski definition) is 2. The Bertz CT molecular complexity index is 683. The van der Waals surface area contributed by atoms with Gasteiger partial charge >= 0.3 is 0 Å². The van der Waals surface area contributed by atoms with E-state index in [4.69, 9.17) is 5.73 Å². The van der Waals surface area contributed by atoms with Crippen LogP contribution in [0.5, 0.6) is 0 Å². The first-order chi connectivity index (χ1) is 10.5. The number of amides is 1. The molecular formula is C15H21N5OS. The SMILES string of the molecule is CCC(C(=O)Nc1cccc(C)c1C)n1c(N)nnc1SC. The van der Waals surface area contributed by atoms with Gasteiger partial charge in [-0.3, -0.25) is 9.36 Å². The lowest BCUT2D eigenvalue weighted by atomic mass is 10.1. The number of nitrogen functional groups attached to an aromatic ring is 1. The zero-order valence-corrected chi connectivity index (χ0v) is 14.1. The van der Waals surface area contributed by atoms with E-state index in [0.717, 1.165) is 16.8 Å². The number of nitrogens with one attached hydrogen (secondary N) is 1. The summed E-state index contributed by atoms with van der Waals surface area (Å²) in [6.07, 6.45) is 2.49. The van der Waals surface area contributed by atoms with E-state index in [9.17, 15) is 4.79 Å². The quantitative estimate of drug-likeness (QED) is 0.828. The van der Waals surface area contributed by atoms with Crippen LogP contribution >= 0.6 is 11.8 Å². The van der Waals surface area contributed by atoms with E-state index in [1.165, 1.54) is 11.8 Å². The minimum atomic E-state index is -0.433. The highest BCUT2D eigenvalue weighted by Crippen LogP contribution is 2.26. The van der Waals surface area contributed by atoms with Crippen LogP contribution in [0.25, 0.3) is 0 Å². The average molecular weight is 319 g/mol. The molecule has 1 atom stereocenters. The van der Waals surface area contributed by atoms with Gasteiger partial charge in [0.15, 0.2) is 5.16 Å². The Labute approximate surface area is 134 Å². The molecule has 1 heterocycles. The van der Waals surface area contributed by atoms with Crippen molar-refractivity contribution in [3.63, 3.8) is 0 Å².